The molecule has 2 aromatic carbocycles. The zero-order valence-electron chi connectivity index (χ0n) is 18.8. The van der Waals surface area contributed by atoms with Crippen molar-refractivity contribution in [3.8, 4) is 5.75 Å². The van der Waals surface area contributed by atoms with E-state index >= 15 is 0 Å². The quantitative estimate of drug-likeness (QED) is 0.634. The number of amides is 2. The second kappa shape index (κ2) is 11.4. The predicted octanol–water partition coefficient (Wildman–Crippen LogP) is 4.32. The van der Waals surface area contributed by atoms with E-state index in [1.807, 2.05) is 71.0 Å². The fraction of sp³-hybridized carbons (Fsp3) is 0.440. The van der Waals surface area contributed by atoms with Gasteiger partial charge in [0.05, 0.1) is 0 Å². The van der Waals surface area contributed by atoms with Crippen LogP contribution in [-0.4, -0.2) is 35.9 Å². The van der Waals surface area contributed by atoms with Crippen molar-refractivity contribution in [1.82, 2.24) is 10.2 Å². The number of carbonyl (C=O) groups is 2. The molecule has 0 saturated heterocycles. The van der Waals surface area contributed by atoms with E-state index in [9.17, 15) is 9.59 Å². The minimum atomic E-state index is -0.536. The fourth-order valence-corrected chi connectivity index (χ4v) is 3.50. The predicted molar refractivity (Wildman–Crippen MR) is 121 cm³/mol. The Kier molecular flexibility index (Phi) is 8.90. The number of nitrogens with zero attached hydrogens (tertiary/aromatic N) is 1. The van der Waals surface area contributed by atoms with Gasteiger partial charge in [0.15, 0.2) is 6.61 Å². The average Bonchev–Trinajstić information content (AvgIpc) is 2.71. The lowest BCUT2D eigenvalue weighted by Gasteiger charge is -2.31. The maximum Gasteiger partial charge on any atom is 0.261 e. The van der Waals surface area contributed by atoms with Gasteiger partial charge in [-0.2, -0.15) is 0 Å². The monoisotopic (exact) mass is 410 g/mol. The maximum atomic E-state index is 13.2. The lowest BCUT2D eigenvalue weighted by atomic mass is 10.1. The third-order valence-electron chi connectivity index (χ3n) is 5.09. The SMILES string of the molecule is CCCNC(=O)C(CC)N(Cc1ccccc1C)C(=O)COc1cc(C)cc(C)c1. The Bertz CT molecular complexity index is 843. The molecule has 2 amide bonds. The van der Waals surface area contributed by atoms with E-state index in [1.54, 1.807) is 4.90 Å². The summed E-state index contributed by atoms with van der Waals surface area (Å²) in [4.78, 5) is 27.6. The van der Waals surface area contributed by atoms with E-state index in [2.05, 4.69) is 11.4 Å². The number of benzene rings is 2. The van der Waals surface area contributed by atoms with Crippen molar-refractivity contribution < 1.29 is 14.3 Å². The first-order chi connectivity index (χ1) is 14.3. The Morgan fingerprint density at radius 2 is 1.70 bits per heavy atom. The van der Waals surface area contributed by atoms with Crippen LogP contribution in [0.1, 0.15) is 48.9 Å². The Hall–Kier alpha value is -2.82. The summed E-state index contributed by atoms with van der Waals surface area (Å²) in [7, 11) is 0. The molecule has 5 nitrogen and oxygen atoms in total. The maximum absolute atomic E-state index is 13.2. The number of hydrogen-bond donors (Lipinski definition) is 1. The standard InChI is InChI=1S/C25H34N2O3/c1-6-12-26-25(29)23(7-2)27(16-21-11-9-8-10-20(21)5)24(28)17-30-22-14-18(3)13-19(4)15-22/h8-11,13-15,23H,6-7,12,16-17H2,1-5H3,(H,26,29). The minimum Gasteiger partial charge on any atom is -0.484 e. The van der Waals surface area contributed by atoms with Crippen LogP contribution in [0, 0.1) is 20.8 Å². The summed E-state index contributed by atoms with van der Waals surface area (Å²) in [5, 5.41) is 2.93. The van der Waals surface area contributed by atoms with Gasteiger partial charge in [0.2, 0.25) is 5.91 Å². The smallest absolute Gasteiger partial charge is 0.261 e. The van der Waals surface area contributed by atoms with E-state index < -0.39 is 6.04 Å². The molecule has 1 N–H and O–H groups in total. The molecule has 0 heterocycles. The van der Waals surface area contributed by atoms with Crippen LogP contribution in [0.5, 0.6) is 5.75 Å². The highest BCUT2D eigenvalue weighted by Crippen LogP contribution is 2.18. The summed E-state index contributed by atoms with van der Waals surface area (Å²) >= 11 is 0. The van der Waals surface area contributed by atoms with Crippen molar-refractivity contribution in [2.75, 3.05) is 13.2 Å². The molecule has 0 bridgehead atoms. The highest BCUT2D eigenvalue weighted by atomic mass is 16.5. The van der Waals surface area contributed by atoms with Gasteiger partial charge >= 0.3 is 0 Å². The summed E-state index contributed by atoms with van der Waals surface area (Å²) < 4.78 is 5.81. The van der Waals surface area contributed by atoms with Gasteiger partial charge in [-0.15, -0.1) is 0 Å². The molecule has 0 aliphatic carbocycles. The first kappa shape index (κ1) is 23.5. The molecule has 5 heteroatoms. The zero-order chi connectivity index (χ0) is 22.1. The van der Waals surface area contributed by atoms with Crippen molar-refractivity contribution >= 4 is 11.8 Å². The van der Waals surface area contributed by atoms with Crippen LogP contribution in [0.25, 0.3) is 0 Å². The third-order valence-corrected chi connectivity index (χ3v) is 5.09. The molecule has 0 radical (unpaired) electrons. The van der Waals surface area contributed by atoms with Gasteiger partial charge in [0.1, 0.15) is 11.8 Å². The normalized spacial score (nSPS) is 11.6. The molecule has 1 atom stereocenters. The molecule has 2 aromatic rings. The van der Waals surface area contributed by atoms with E-state index in [0.29, 0.717) is 25.3 Å². The second-order valence-electron chi connectivity index (χ2n) is 7.78. The first-order valence-corrected chi connectivity index (χ1v) is 10.7. The molecule has 0 fully saturated rings. The van der Waals surface area contributed by atoms with Crippen molar-refractivity contribution in [3.63, 3.8) is 0 Å². The van der Waals surface area contributed by atoms with Crippen LogP contribution in [0.4, 0.5) is 0 Å². The highest BCUT2D eigenvalue weighted by Gasteiger charge is 2.29. The summed E-state index contributed by atoms with van der Waals surface area (Å²) in [5.74, 6) is 0.351. The molecule has 0 aliphatic heterocycles. The Balaban J connectivity index is 2.22. The Morgan fingerprint density at radius 1 is 1.03 bits per heavy atom. The summed E-state index contributed by atoms with van der Waals surface area (Å²) in [5.41, 5.74) is 4.28. The topological polar surface area (TPSA) is 58.6 Å². The van der Waals surface area contributed by atoms with E-state index in [1.165, 1.54) is 0 Å². The van der Waals surface area contributed by atoms with Gasteiger partial charge < -0.3 is 15.0 Å². The molecule has 162 valence electrons. The average molecular weight is 411 g/mol. The molecular weight excluding hydrogens is 376 g/mol. The number of nitrogens with one attached hydrogen (secondary N) is 1. The van der Waals surface area contributed by atoms with Crippen molar-refractivity contribution in [2.24, 2.45) is 0 Å². The zero-order valence-corrected chi connectivity index (χ0v) is 18.8. The summed E-state index contributed by atoms with van der Waals surface area (Å²) in [6.07, 6.45) is 1.39. The minimum absolute atomic E-state index is 0.105. The lowest BCUT2D eigenvalue weighted by Crippen LogP contribution is -2.50. The largest absolute Gasteiger partial charge is 0.484 e. The highest BCUT2D eigenvalue weighted by molar-refractivity contribution is 5.88. The van der Waals surface area contributed by atoms with Crippen LogP contribution >= 0.6 is 0 Å². The molecule has 0 aliphatic rings. The number of ether oxygens (including phenoxy) is 1. The molecule has 0 spiro atoms. The number of rotatable bonds is 10. The summed E-state index contributed by atoms with van der Waals surface area (Å²) in [6.45, 7) is 10.8. The third kappa shape index (κ3) is 6.61. The van der Waals surface area contributed by atoms with Gasteiger partial charge in [0, 0.05) is 13.1 Å². The van der Waals surface area contributed by atoms with Crippen LogP contribution in [-0.2, 0) is 16.1 Å². The van der Waals surface area contributed by atoms with Gasteiger partial charge in [-0.25, -0.2) is 0 Å². The van der Waals surface area contributed by atoms with Gasteiger partial charge in [-0.1, -0.05) is 44.2 Å². The van der Waals surface area contributed by atoms with Crippen molar-refractivity contribution in [3.05, 3.63) is 64.7 Å². The van der Waals surface area contributed by atoms with Crippen LogP contribution in [0.2, 0.25) is 0 Å². The van der Waals surface area contributed by atoms with E-state index in [0.717, 1.165) is 28.7 Å². The molecule has 0 aromatic heterocycles. The van der Waals surface area contributed by atoms with Crippen LogP contribution < -0.4 is 10.1 Å². The Morgan fingerprint density at radius 3 is 2.30 bits per heavy atom. The number of carbonyl (C=O) groups excluding carboxylic acids is 2. The van der Waals surface area contributed by atoms with E-state index in [4.69, 9.17) is 4.74 Å². The van der Waals surface area contributed by atoms with Gasteiger partial charge in [-0.3, -0.25) is 9.59 Å². The molecule has 0 saturated carbocycles. The number of aryl methyl sites for hydroxylation is 3. The fourth-order valence-electron chi connectivity index (χ4n) is 3.50. The van der Waals surface area contributed by atoms with Crippen molar-refractivity contribution in [2.45, 2.75) is 60.0 Å². The molecule has 1 unspecified atom stereocenters. The van der Waals surface area contributed by atoms with Gasteiger partial charge in [0.25, 0.3) is 5.91 Å². The number of hydrogen-bond acceptors (Lipinski definition) is 3. The van der Waals surface area contributed by atoms with E-state index in [-0.39, 0.29) is 18.4 Å². The molecular formula is C25H34N2O3. The van der Waals surface area contributed by atoms with Crippen LogP contribution in [0.3, 0.4) is 0 Å². The molecule has 2 rings (SSSR count). The second-order valence-corrected chi connectivity index (χ2v) is 7.78. The van der Waals surface area contributed by atoms with Gasteiger partial charge in [-0.05, 0) is 68.0 Å². The Labute approximate surface area is 180 Å². The summed E-state index contributed by atoms with van der Waals surface area (Å²) in [6, 6.07) is 13.3. The van der Waals surface area contributed by atoms with Crippen LogP contribution in [0.15, 0.2) is 42.5 Å². The molecule has 30 heavy (non-hydrogen) atoms. The lowest BCUT2D eigenvalue weighted by molar-refractivity contribution is -0.143. The van der Waals surface area contributed by atoms with Crippen molar-refractivity contribution in [1.29, 1.82) is 0 Å². The first-order valence-electron chi connectivity index (χ1n) is 10.7.